The summed E-state index contributed by atoms with van der Waals surface area (Å²) in [7, 11) is 0. The summed E-state index contributed by atoms with van der Waals surface area (Å²) in [6.45, 7) is 0.680. The van der Waals surface area contributed by atoms with Crippen LogP contribution in [0.2, 0.25) is 0 Å². The van der Waals surface area contributed by atoms with E-state index in [0.717, 1.165) is 18.2 Å². The first kappa shape index (κ1) is 13.6. The lowest BCUT2D eigenvalue weighted by molar-refractivity contribution is -0.128. The highest BCUT2D eigenvalue weighted by Crippen LogP contribution is 2.18. The minimum Gasteiger partial charge on any atom is -0.356 e. The Kier molecular flexibility index (Phi) is 3.85. The van der Waals surface area contributed by atoms with Gasteiger partial charge >= 0.3 is 0 Å². The molecule has 0 bridgehead atoms. The van der Waals surface area contributed by atoms with E-state index in [1.54, 1.807) is 0 Å². The molecule has 2 amide bonds. The Morgan fingerprint density at radius 1 is 1.38 bits per heavy atom. The van der Waals surface area contributed by atoms with Crippen molar-refractivity contribution in [2.75, 3.05) is 6.54 Å². The number of benzene rings is 1. The third-order valence-electron chi connectivity index (χ3n) is 3.65. The van der Waals surface area contributed by atoms with Crippen LogP contribution in [0.4, 0.5) is 0 Å². The van der Waals surface area contributed by atoms with E-state index in [9.17, 15) is 9.59 Å². The fraction of sp³-hybridized carbons (Fsp3) is 0.400. The van der Waals surface area contributed by atoms with Crippen LogP contribution in [0, 0.1) is 0 Å². The summed E-state index contributed by atoms with van der Waals surface area (Å²) in [6.07, 6.45) is 2.67. The van der Waals surface area contributed by atoms with Crippen molar-refractivity contribution >= 4 is 22.8 Å². The molecule has 1 unspecified atom stereocenters. The second-order valence-electron chi connectivity index (χ2n) is 5.21. The molecule has 1 aliphatic heterocycles. The standard InChI is InChI=1S/C15H17N3O3/c19-14(17-11-6-3-4-8-16-15(11)20)9-12-10-5-1-2-7-13(10)21-18-12/h1-2,5,7,11H,3-4,6,8-9H2,(H,16,20)(H,17,19). The maximum Gasteiger partial charge on any atom is 0.242 e. The lowest BCUT2D eigenvalue weighted by Crippen LogP contribution is -2.46. The van der Waals surface area contributed by atoms with Gasteiger partial charge in [-0.3, -0.25) is 9.59 Å². The lowest BCUT2D eigenvalue weighted by atomic mass is 10.1. The number of carbonyl (C=O) groups excluding carboxylic acids is 2. The van der Waals surface area contributed by atoms with Crippen molar-refractivity contribution in [1.82, 2.24) is 15.8 Å². The summed E-state index contributed by atoms with van der Waals surface area (Å²) < 4.78 is 5.17. The van der Waals surface area contributed by atoms with Crippen molar-refractivity contribution in [2.24, 2.45) is 0 Å². The Hall–Kier alpha value is -2.37. The molecule has 2 heterocycles. The third kappa shape index (κ3) is 3.04. The summed E-state index contributed by atoms with van der Waals surface area (Å²) >= 11 is 0. The van der Waals surface area contributed by atoms with Gasteiger partial charge in [-0.1, -0.05) is 17.3 Å². The molecule has 1 atom stereocenters. The molecule has 1 aliphatic rings. The fourth-order valence-electron chi connectivity index (χ4n) is 2.54. The number of fused-ring (bicyclic) bond motifs is 1. The number of aromatic nitrogens is 1. The van der Waals surface area contributed by atoms with E-state index in [-0.39, 0.29) is 18.2 Å². The van der Waals surface area contributed by atoms with Gasteiger partial charge in [-0.2, -0.15) is 0 Å². The Morgan fingerprint density at radius 3 is 3.14 bits per heavy atom. The molecular weight excluding hydrogens is 270 g/mol. The van der Waals surface area contributed by atoms with E-state index in [1.165, 1.54) is 0 Å². The molecule has 1 aromatic heterocycles. The van der Waals surface area contributed by atoms with Crippen LogP contribution in [0.3, 0.4) is 0 Å². The number of hydrogen-bond donors (Lipinski definition) is 2. The summed E-state index contributed by atoms with van der Waals surface area (Å²) in [5.41, 5.74) is 1.25. The summed E-state index contributed by atoms with van der Waals surface area (Å²) in [6, 6.07) is 6.96. The van der Waals surface area contributed by atoms with Crippen LogP contribution in [-0.4, -0.2) is 29.6 Å². The van der Waals surface area contributed by atoms with Crippen LogP contribution in [0.5, 0.6) is 0 Å². The van der Waals surface area contributed by atoms with Crippen molar-refractivity contribution < 1.29 is 14.1 Å². The molecule has 1 saturated heterocycles. The highest BCUT2D eigenvalue weighted by Gasteiger charge is 2.23. The monoisotopic (exact) mass is 287 g/mol. The Labute approximate surface area is 121 Å². The Balaban J connectivity index is 1.67. The first-order chi connectivity index (χ1) is 10.2. The molecule has 3 rings (SSSR count). The quantitative estimate of drug-likeness (QED) is 0.887. The van der Waals surface area contributed by atoms with Gasteiger partial charge in [0, 0.05) is 11.9 Å². The number of nitrogens with zero attached hydrogens (tertiary/aromatic N) is 1. The molecule has 0 saturated carbocycles. The molecule has 0 radical (unpaired) electrons. The van der Waals surface area contributed by atoms with Crippen molar-refractivity contribution in [3.63, 3.8) is 0 Å². The zero-order valence-corrected chi connectivity index (χ0v) is 11.6. The number of para-hydroxylation sites is 1. The molecule has 0 spiro atoms. The van der Waals surface area contributed by atoms with Crippen molar-refractivity contribution in [2.45, 2.75) is 31.7 Å². The average Bonchev–Trinajstić information content (AvgIpc) is 2.77. The van der Waals surface area contributed by atoms with E-state index in [4.69, 9.17) is 4.52 Å². The fourth-order valence-corrected chi connectivity index (χ4v) is 2.54. The minimum absolute atomic E-state index is 0.106. The average molecular weight is 287 g/mol. The second-order valence-corrected chi connectivity index (χ2v) is 5.21. The van der Waals surface area contributed by atoms with Crippen LogP contribution in [0.15, 0.2) is 28.8 Å². The SMILES string of the molecule is O=C(Cc1noc2ccccc12)NC1CCCCNC1=O. The van der Waals surface area contributed by atoms with Gasteiger partial charge in [0.05, 0.1) is 6.42 Å². The normalized spacial score (nSPS) is 19.0. The molecule has 6 nitrogen and oxygen atoms in total. The van der Waals surface area contributed by atoms with Gasteiger partial charge in [0.25, 0.3) is 0 Å². The van der Waals surface area contributed by atoms with E-state index in [0.29, 0.717) is 24.2 Å². The van der Waals surface area contributed by atoms with Crippen LogP contribution >= 0.6 is 0 Å². The largest absolute Gasteiger partial charge is 0.356 e. The predicted octanol–water partition coefficient (Wildman–Crippen LogP) is 1.16. The van der Waals surface area contributed by atoms with Gasteiger partial charge in [-0.25, -0.2) is 0 Å². The number of amides is 2. The number of nitrogens with one attached hydrogen (secondary N) is 2. The number of carbonyl (C=O) groups is 2. The van der Waals surface area contributed by atoms with Gasteiger partial charge in [-0.05, 0) is 31.4 Å². The first-order valence-corrected chi connectivity index (χ1v) is 7.14. The smallest absolute Gasteiger partial charge is 0.242 e. The molecule has 110 valence electrons. The molecular formula is C15H17N3O3. The summed E-state index contributed by atoms with van der Waals surface area (Å²) in [5.74, 6) is -0.318. The molecule has 2 aromatic rings. The maximum atomic E-state index is 12.1. The van der Waals surface area contributed by atoms with Crippen molar-refractivity contribution in [3.8, 4) is 0 Å². The van der Waals surface area contributed by atoms with Gasteiger partial charge in [0.15, 0.2) is 5.58 Å². The van der Waals surface area contributed by atoms with Crippen molar-refractivity contribution in [3.05, 3.63) is 30.0 Å². The molecule has 1 aromatic carbocycles. The van der Waals surface area contributed by atoms with Gasteiger partial charge in [0.2, 0.25) is 11.8 Å². The second kappa shape index (κ2) is 5.95. The van der Waals surface area contributed by atoms with E-state index >= 15 is 0 Å². The molecule has 6 heteroatoms. The van der Waals surface area contributed by atoms with Crippen molar-refractivity contribution in [1.29, 1.82) is 0 Å². The maximum absolute atomic E-state index is 12.1. The van der Waals surface area contributed by atoms with Crippen LogP contribution < -0.4 is 10.6 Å². The van der Waals surface area contributed by atoms with Crippen LogP contribution in [0.25, 0.3) is 11.0 Å². The summed E-state index contributed by atoms with van der Waals surface area (Å²) in [4.78, 5) is 23.9. The van der Waals surface area contributed by atoms with Gasteiger partial charge in [-0.15, -0.1) is 0 Å². The molecule has 21 heavy (non-hydrogen) atoms. The zero-order valence-electron chi connectivity index (χ0n) is 11.6. The minimum atomic E-state index is -0.446. The molecule has 0 aliphatic carbocycles. The number of hydrogen-bond acceptors (Lipinski definition) is 4. The van der Waals surface area contributed by atoms with Gasteiger partial charge in [0.1, 0.15) is 11.7 Å². The first-order valence-electron chi connectivity index (χ1n) is 7.14. The predicted molar refractivity (Wildman–Crippen MR) is 76.5 cm³/mol. The molecule has 1 fully saturated rings. The highest BCUT2D eigenvalue weighted by atomic mass is 16.5. The number of rotatable bonds is 3. The van der Waals surface area contributed by atoms with E-state index in [1.807, 2.05) is 24.3 Å². The lowest BCUT2D eigenvalue weighted by Gasteiger charge is -2.14. The third-order valence-corrected chi connectivity index (χ3v) is 3.65. The van der Waals surface area contributed by atoms with Crippen LogP contribution in [-0.2, 0) is 16.0 Å². The molecule has 2 N–H and O–H groups in total. The van der Waals surface area contributed by atoms with Gasteiger partial charge < -0.3 is 15.2 Å². The van der Waals surface area contributed by atoms with E-state index in [2.05, 4.69) is 15.8 Å². The Bertz CT molecular complexity index is 665. The topological polar surface area (TPSA) is 84.2 Å². The van der Waals surface area contributed by atoms with Crippen LogP contribution in [0.1, 0.15) is 25.0 Å². The highest BCUT2D eigenvalue weighted by molar-refractivity contribution is 5.90. The Morgan fingerprint density at radius 2 is 2.24 bits per heavy atom. The zero-order chi connectivity index (χ0) is 14.7. The summed E-state index contributed by atoms with van der Waals surface area (Å²) in [5, 5.41) is 10.3. The van der Waals surface area contributed by atoms with E-state index < -0.39 is 6.04 Å².